The third kappa shape index (κ3) is 5.32. The van der Waals surface area contributed by atoms with Gasteiger partial charge in [-0.3, -0.25) is 4.79 Å². The molecule has 2 rings (SSSR count). The number of rotatable bonds is 8. The molecule has 146 valence electrons. The van der Waals surface area contributed by atoms with Crippen molar-refractivity contribution in [3.05, 3.63) is 52.1 Å². The van der Waals surface area contributed by atoms with Gasteiger partial charge in [0, 0.05) is 4.88 Å². The van der Waals surface area contributed by atoms with Crippen molar-refractivity contribution in [2.75, 3.05) is 19.0 Å². The smallest absolute Gasteiger partial charge is 0.341 e. The predicted molar refractivity (Wildman–Crippen MR) is 109 cm³/mol. The van der Waals surface area contributed by atoms with Crippen LogP contribution in [-0.4, -0.2) is 25.6 Å². The second-order valence-corrected chi connectivity index (χ2v) is 7.83. The maximum atomic E-state index is 12.3. The summed E-state index contributed by atoms with van der Waals surface area (Å²) in [4.78, 5) is 25.6. The molecule has 1 N–H and O–H groups in total. The SMILES string of the molecule is C=C/C(=C\C=C(\C)C(C)C)OCC(=O)Nc1sc2c(c1C(=O)OC)CCC2. The number of carbonyl (C=O) groups is 2. The number of thiophene rings is 1. The Morgan fingerprint density at radius 3 is 2.67 bits per heavy atom. The number of ether oxygens (including phenoxy) is 2. The lowest BCUT2D eigenvalue weighted by molar-refractivity contribution is -0.119. The first-order valence-corrected chi connectivity index (χ1v) is 9.85. The number of methoxy groups -OCH3 is 1. The third-order valence-electron chi connectivity index (χ3n) is 4.56. The summed E-state index contributed by atoms with van der Waals surface area (Å²) in [5.74, 6) is 0.226. The van der Waals surface area contributed by atoms with E-state index in [1.165, 1.54) is 24.0 Å². The molecule has 27 heavy (non-hydrogen) atoms. The molecule has 0 fully saturated rings. The highest BCUT2D eigenvalue weighted by Gasteiger charge is 2.28. The quantitative estimate of drug-likeness (QED) is 0.399. The summed E-state index contributed by atoms with van der Waals surface area (Å²) in [6.07, 6.45) is 8.12. The second kappa shape index (κ2) is 9.55. The van der Waals surface area contributed by atoms with Gasteiger partial charge in [0.15, 0.2) is 6.61 Å². The number of amides is 1. The largest absolute Gasteiger partial charge is 0.484 e. The van der Waals surface area contributed by atoms with E-state index in [-0.39, 0.29) is 12.5 Å². The van der Waals surface area contributed by atoms with Gasteiger partial charge in [0.1, 0.15) is 10.8 Å². The molecular formula is C21H27NO4S. The molecule has 0 saturated carbocycles. The van der Waals surface area contributed by atoms with E-state index in [0.29, 0.717) is 22.2 Å². The Hall–Kier alpha value is -2.34. The van der Waals surface area contributed by atoms with Crippen LogP contribution in [0.5, 0.6) is 0 Å². The molecule has 0 unspecified atom stereocenters. The molecular weight excluding hydrogens is 362 g/mol. The van der Waals surface area contributed by atoms with Crippen LogP contribution < -0.4 is 5.32 Å². The van der Waals surface area contributed by atoms with Crippen molar-refractivity contribution >= 4 is 28.2 Å². The van der Waals surface area contributed by atoms with Crippen LogP contribution in [-0.2, 0) is 27.1 Å². The fourth-order valence-electron chi connectivity index (χ4n) is 2.70. The van der Waals surface area contributed by atoms with E-state index < -0.39 is 5.97 Å². The molecule has 1 aromatic rings. The number of allylic oxidation sites excluding steroid dienone is 4. The standard InChI is InChI=1S/C21H27NO4S/c1-6-15(11-10-14(4)13(2)3)26-12-18(23)22-20-19(21(24)25-5)16-8-7-9-17(16)27-20/h6,10-11,13H,1,7-9,12H2,2-5H3,(H,22,23)/b14-10-,15-11+. The Kier molecular flexibility index (Phi) is 7.42. The van der Waals surface area contributed by atoms with Crippen molar-refractivity contribution in [2.24, 2.45) is 5.92 Å². The van der Waals surface area contributed by atoms with Gasteiger partial charge in [-0.1, -0.05) is 32.1 Å². The van der Waals surface area contributed by atoms with Crippen LogP contribution in [0.15, 0.2) is 36.1 Å². The first-order chi connectivity index (χ1) is 12.9. The molecule has 1 aliphatic rings. The minimum Gasteiger partial charge on any atom is -0.484 e. The molecule has 0 aliphatic heterocycles. The van der Waals surface area contributed by atoms with Crippen molar-refractivity contribution in [1.29, 1.82) is 0 Å². The van der Waals surface area contributed by atoms with Crippen molar-refractivity contribution in [1.82, 2.24) is 0 Å². The van der Waals surface area contributed by atoms with Gasteiger partial charge in [-0.15, -0.1) is 11.3 Å². The lowest BCUT2D eigenvalue weighted by Gasteiger charge is -2.09. The molecule has 5 nitrogen and oxygen atoms in total. The van der Waals surface area contributed by atoms with Crippen molar-refractivity contribution in [3.63, 3.8) is 0 Å². The maximum absolute atomic E-state index is 12.3. The van der Waals surface area contributed by atoms with Crippen LogP contribution in [0.4, 0.5) is 5.00 Å². The molecule has 6 heteroatoms. The van der Waals surface area contributed by atoms with Gasteiger partial charge in [-0.25, -0.2) is 4.79 Å². The molecule has 0 aromatic carbocycles. The number of fused-ring (bicyclic) bond motifs is 1. The van der Waals surface area contributed by atoms with E-state index in [1.54, 1.807) is 12.2 Å². The Bertz CT molecular complexity index is 786. The van der Waals surface area contributed by atoms with E-state index in [9.17, 15) is 9.59 Å². The molecule has 1 aromatic heterocycles. The summed E-state index contributed by atoms with van der Waals surface area (Å²) in [5, 5.41) is 3.34. The lowest BCUT2D eigenvalue weighted by atomic mass is 10.1. The zero-order valence-electron chi connectivity index (χ0n) is 16.4. The number of aryl methyl sites for hydroxylation is 1. The third-order valence-corrected chi connectivity index (χ3v) is 5.76. The van der Waals surface area contributed by atoms with E-state index in [1.807, 2.05) is 13.0 Å². The molecule has 0 atom stereocenters. The highest BCUT2D eigenvalue weighted by molar-refractivity contribution is 7.17. The predicted octanol–water partition coefficient (Wildman–Crippen LogP) is 4.65. The number of hydrogen-bond acceptors (Lipinski definition) is 5. The number of esters is 1. The Morgan fingerprint density at radius 1 is 1.30 bits per heavy atom. The van der Waals surface area contributed by atoms with Gasteiger partial charge < -0.3 is 14.8 Å². The maximum Gasteiger partial charge on any atom is 0.341 e. The summed E-state index contributed by atoms with van der Waals surface area (Å²) in [7, 11) is 1.35. The number of hydrogen-bond donors (Lipinski definition) is 1. The molecule has 0 saturated heterocycles. The summed E-state index contributed by atoms with van der Waals surface area (Å²) in [5.41, 5.74) is 2.69. The summed E-state index contributed by atoms with van der Waals surface area (Å²) in [6.45, 7) is 9.82. The molecule has 0 spiro atoms. The zero-order chi connectivity index (χ0) is 20.0. The van der Waals surface area contributed by atoms with Crippen LogP contribution in [0.2, 0.25) is 0 Å². The van der Waals surface area contributed by atoms with Gasteiger partial charge in [-0.05, 0) is 49.8 Å². The second-order valence-electron chi connectivity index (χ2n) is 6.73. The zero-order valence-corrected chi connectivity index (χ0v) is 17.2. The highest BCUT2D eigenvalue weighted by atomic mass is 32.1. The number of anilines is 1. The Labute approximate surface area is 164 Å². The fraction of sp³-hybridized carbons (Fsp3) is 0.429. The van der Waals surface area contributed by atoms with Crippen LogP contribution in [0.3, 0.4) is 0 Å². The first-order valence-electron chi connectivity index (χ1n) is 9.03. The van der Waals surface area contributed by atoms with Gasteiger partial charge in [0.25, 0.3) is 5.91 Å². The van der Waals surface area contributed by atoms with Crippen molar-refractivity contribution in [3.8, 4) is 0 Å². The normalized spacial score (nSPS) is 14.1. The van der Waals surface area contributed by atoms with Gasteiger partial charge >= 0.3 is 5.97 Å². The van der Waals surface area contributed by atoms with Gasteiger partial charge in [-0.2, -0.15) is 0 Å². The highest BCUT2D eigenvalue weighted by Crippen LogP contribution is 2.39. The summed E-state index contributed by atoms with van der Waals surface area (Å²) < 4.78 is 10.4. The van der Waals surface area contributed by atoms with Gasteiger partial charge in [0.05, 0.1) is 12.7 Å². The summed E-state index contributed by atoms with van der Waals surface area (Å²) >= 11 is 1.45. The Morgan fingerprint density at radius 2 is 2.04 bits per heavy atom. The molecule has 1 amide bonds. The van der Waals surface area contributed by atoms with Crippen LogP contribution >= 0.6 is 11.3 Å². The topological polar surface area (TPSA) is 64.6 Å². The average Bonchev–Trinajstić information content (AvgIpc) is 3.21. The first kappa shape index (κ1) is 21.0. The number of nitrogens with one attached hydrogen (secondary N) is 1. The number of carbonyl (C=O) groups excluding carboxylic acids is 2. The molecule has 1 heterocycles. The van der Waals surface area contributed by atoms with E-state index in [0.717, 1.165) is 29.7 Å². The van der Waals surface area contributed by atoms with Crippen molar-refractivity contribution < 1.29 is 19.1 Å². The van der Waals surface area contributed by atoms with E-state index >= 15 is 0 Å². The molecule has 0 bridgehead atoms. The minimum atomic E-state index is -0.411. The molecule has 0 radical (unpaired) electrons. The van der Waals surface area contributed by atoms with Crippen LogP contribution in [0.25, 0.3) is 0 Å². The van der Waals surface area contributed by atoms with E-state index in [4.69, 9.17) is 9.47 Å². The lowest BCUT2D eigenvalue weighted by Crippen LogP contribution is -2.19. The van der Waals surface area contributed by atoms with Crippen LogP contribution in [0.1, 0.15) is 48.0 Å². The monoisotopic (exact) mass is 389 g/mol. The van der Waals surface area contributed by atoms with Crippen molar-refractivity contribution in [2.45, 2.75) is 40.0 Å². The van der Waals surface area contributed by atoms with Gasteiger partial charge in [0.2, 0.25) is 0 Å². The van der Waals surface area contributed by atoms with Crippen LogP contribution in [0, 0.1) is 5.92 Å². The fourth-order valence-corrected chi connectivity index (χ4v) is 4.00. The average molecular weight is 390 g/mol. The molecule has 1 aliphatic carbocycles. The van der Waals surface area contributed by atoms with E-state index in [2.05, 4.69) is 25.7 Å². The minimum absolute atomic E-state index is 0.157. The Balaban J connectivity index is 2.04. The summed E-state index contributed by atoms with van der Waals surface area (Å²) in [6, 6.07) is 0.